The summed E-state index contributed by atoms with van der Waals surface area (Å²) in [5, 5.41) is 3.09. The summed E-state index contributed by atoms with van der Waals surface area (Å²) in [5.41, 5.74) is 1.00. The van der Waals surface area contributed by atoms with Crippen LogP contribution >= 0.6 is 0 Å². The predicted octanol–water partition coefficient (Wildman–Crippen LogP) is 1.95. The maximum atomic E-state index is 11.8. The lowest BCUT2D eigenvalue weighted by Gasteiger charge is -2.34. The molecule has 0 amide bonds. The molecule has 3 unspecified atom stereocenters. The first-order valence-corrected chi connectivity index (χ1v) is 9.28. The van der Waals surface area contributed by atoms with Gasteiger partial charge in [0.15, 0.2) is 0 Å². The summed E-state index contributed by atoms with van der Waals surface area (Å²) in [7, 11) is 0.541. The highest BCUT2D eigenvalue weighted by Gasteiger charge is 2.34. The van der Waals surface area contributed by atoms with Crippen LogP contribution in [0.4, 0.5) is 0 Å². The predicted molar refractivity (Wildman–Crippen MR) is 83.2 cm³/mol. The van der Waals surface area contributed by atoms with E-state index in [0.29, 0.717) is 12.3 Å². The second-order valence-corrected chi connectivity index (χ2v) is 8.07. The molecule has 0 spiro atoms. The Kier molecular flexibility index (Phi) is 5.22. The van der Waals surface area contributed by atoms with Gasteiger partial charge in [0.1, 0.15) is 9.84 Å². The molecule has 1 fully saturated rings. The summed E-state index contributed by atoms with van der Waals surface area (Å²) >= 11 is 0. The third kappa shape index (κ3) is 3.74. The molecule has 1 saturated carbocycles. The van der Waals surface area contributed by atoms with Gasteiger partial charge in [0.2, 0.25) is 5.88 Å². The fourth-order valence-corrected chi connectivity index (χ4v) is 4.52. The van der Waals surface area contributed by atoms with Gasteiger partial charge >= 0.3 is 0 Å². The number of hydrogen-bond donors (Lipinski definition) is 1. The number of pyridine rings is 1. The fraction of sp³-hybridized carbons (Fsp3) is 0.667. The molecule has 2 rings (SSSR count). The Bertz CT molecular complexity index is 574. The number of nitrogens with zero attached hydrogens (tertiary/aromatic N) is 1. The summed E-state index contributed by atoms with van der Waals surface area (Å²) in [5.74, 6) is 0.889. The van der Waals surface area contributed by atoms with E-state index in [-0.39, 0.29) is 17.2 Å². The number of aromatic nitrogens is 1. The van der Waals surface area contributed by atoms with Gasteiger partial charge in [-0.3, -0.25) is 0 Å². The summed E-state index contributed by atoms with van der Waals surface area (Å²) < 4.78 is 29.0. The molecule has 1 N–H and O–H groups in total. The monoisotopic (exact) mass is 312 g/mol. The molecule has 6 heteroatoms. The van der Waals surface area contributed by atoms with Gasteiger partial charge in [0, 0.05) is 24.1 Å². The van der Waals surface area contributed by atoms with E-state index in [1.54, 1.807) is 13.3 Å². The van der Waals surface area contributed by atoms with Gasteiger partial charge in [-0.25, -0.2) is 13.4 Å². The summed E-state index contributed by atoms with van der Waals surface area (Å²) in [4.78, 5) is 4.25. The van der Waals surface area contributed by atoms with E-state index >= 15 is 0 Å². The molecule has 0 radical (unpaired) electrons. The van der Waals surface area contributed by atoms with E-state index in [1.165, 1.54) is 6.26 Å². The van der Waals surface area contributed by atoms with Gasteiger partial charge in [-0.2, -0.15) is 0 Å². The molecule has 1 aliphatic rings. The molecule has 1 heterocycles. The molecule has 0 bridgehead atoms. The minimum absolute atomic E-state index is 0.0678. The Labute approximate surface area is 127 Å². The fourth-order valence-electron chi connectivity index (χ4n) is 3.33. The minimum atomic E-state index is -2.97. The van der Waals surface area contributed by atoms with E-state index in [1.807, 2.05) is 19.2 Å². The molecule has 21 heavy (non-hydrogen) atoms. The smallest absolute Gasteiger partial charge is 0.217 e. The number of methoxy groups -OCH3 is 1. The standard InChI is InChI=1S/C15H24N2O3S/c1-16-14(13-8-5-9-17-15(13)20-2)11-6-4-7-12(10-11)21(3,18)19/h5,8-9,11-12,14,16H,4,6-7,10H2,1-3H3. The Morgan fingerprint density at radius 2 is 2.19 bits per heavy atom. The van der Waals surface area contributed by atoms with E-state index in [2.05, 4.69) is 10.3 Å². The van der Waals surface area contributed by atoms with Crippen molar-refractivity contribution < 1.29 is 13.2 Å². The normalized spacial score (nSPS) is 24.5. The number of sulfone groups is 1. The summed E-state index contributed by atoms with van der Waals surface area (Å²) in [6.07, 6.45) is 6.49. The molecule has 0 aromatic carbocycles. The quantitative estimate of drug-likeness (QED) is 0.900. The highest BCUT2D eigenvalue weighted by molar-refractivity contribution is 7.91. The minimum Gasteiger partial charge on any atom is -0.481 e. The first-order chi connectivity index (χ1) is 9.97. The Hall–Kier alpha value is -1.14. The SMILES string of the molecule is CNC(c1cccnc1OC)C1CCCC(S(C)(=O)=O)C1. The number of ether oxygens (including phenoxy) is 1. The zero-order chi connectivity index (χ0) is 15.5. The van der Waals surface area contributed by atoms with Crippen molar-refractivity contribution in [1.29, 1.82) is 0 Å². The van der Waals surface area contributed by atoms with Crippen LogP contribution in [0.5, 0.6) is 5.88 Å². The van der Waals surface area contributed by atoms with Crippen molar-refractivity contribution >= 4 is 9.84 Å². The van der Waals surface area contributed by atoms with E-state index in [9.17, 15) is 8.42 Å². The van der Waals surface area contributed by atoms with Gasteiger partial charge in [-0.15, -0.1) is 0 Å². The van der Waals surface area contributed by atoms with Crippen LogP contribution in [0.1, 0.15) is 37.3 Å². The third-order valence-electron chi connectivity index (χ3n) is 4.38. The largest absolute Gasteiger partial charge is 0.481 e. The van der Waals surface area contributed by atoms with E-state index in [4.69, 9.17) is 4.74 Å². The van der Waals surface area contributed by atoms with Gasteiger partial charge < -0.3 is 10.1 Å². The van der Waals surface area contributed by atoms with Crippen molar-refractivity contribution in [1.82, 2.24) is 10.3 Å². The van der Waals surface area contributed by atoms with Crippen molar-refractivity contribution in [2.75, 3.05) is 20.4 Å². The lowest BCUT2D eigenvalue weighted by Crippen LogP contribution is -2.34. The van der Waals surface area contributed by atoms with Gasteiger partial charge in [-0.05, 0) is 38.3 Å². The second kappa shape index (κ2) is 6.75. The molecule has 0 aliphatic heterocycles. The number of nitrogens with one attached hydrogen (secondary N) is 1. The highest BCUT2D eigenvalue weighted by atomic mass is 32.2. The topological polar surface area (TPSA) is 68.3 Å². The first kappa shape index (κ1) is 16.2. The van der Waals surface area contributed by atoms with Crippen LogP contribution < -0.4 is 10.1 Å². The Balaban J connectivity index is 2.25. The highest BCUT2D eigenvalue weighted by Crippen LogP contribution is 2.38. The average Bonchev–Trinajstić information content (AvgIpc) is 2.48. The number of rotatable bonds is 5. The van der Waals surface area contributed by atoms with Crippen LogP contribution in [0.15, 0.2) is 18.3 Å². The lowest BCUT2D eigenvalue weighted by molar-refractivity contribution is 0.274. The second-order valence-electron chi connectivity index (χ2n) is 5.75. The molecule has 1 aromatic rings. The zero-order valence-corrected chi connectivity index (χ0v) is 13.7. The lowest BCUT2D eigenvalue weighted by atomic mass is 9.81. The van der Waals surface area contributed by atoms with Crippen LogP contribution in [0.3, 0.4) is 0 Å². The molecular weight excluding hydrogens is 288 g/mol. The Morgan fingerprint density at radius 1 is 1.43 bits per heavy atom. The maximum absolute atomic E-state index is 11.8. The zero-order valence-electron chi connectivity index (χ0n) is 12.9. The third-order valence-corrected chi connectivity index (χ3v) is 6.02. The Morgan fingerprint density at radius 3 is 2.81 bits per heavy atom. The molecule has 118 valence electrons. The average molecular weight is 312 g/mol. The molecule has 1 aliphatic carbocycles. The summed E-state index contributed by atoms with van der Waals surface area (Å²) in [6, 6.07) is 3.95. The maximum Gasteiger partial charge on any atom is 0.217 e. The summed E-state index contributed by atoms with van der Waals surface area (Å²) in [6.45, 7) is 0. The molecule has 0 saturated heterocycles. The van der Waals surface area contributed by atoms with Crippen LogP contribution in [-0.4, -0.2) is 39.1 Å². The van der Waals surface area contributed by atoms with Crippen LogP contribution in [0, 0.1) is 5.92 Å². The van der Waals surface area contributed by atoms with E-state index in [0.717, 1.165) is 24.8 Å². The number of hydrogen-bond acceptors (Lipinski definition) is 5. The molecule has 5 nitrogen and oxygen atoms in total. The van der Waals surface area contributed by atoms with Gasteiger partial charge in [-0.1, -0.05) is 12.5 Å². The van der Waals surface area contributed by atoms with Crippen LogP contribution in [-0.2, 0) is 9.84 Å². The molecular formula is C15H24N2O3S. The van der Waals surface area contributed by atoms with Crippen molar-refractivity contribution in [2.24, 2.45) is 5.92 Å². The van der Waals surface area contributed by atoms with Crippen molar-refractivity contribution in [2.45, 2.75) is 37.0 Å². The van der Waals surface area contributed by atoms with Crippen molar-refractivity contribution in [3.8, 4) is 5.88 Å². The van der Waals surface area contributed by atoms with Crippen LogP contribution in [0.25, 0.3) is 0 Å². The van der Waals surface area contributed by atoms with E-state index < -0.39 is 9.84 Å². The molecule has 1 aromatic heterocycles. The van der Waals surface area contributed by atoms with Crippen molar-refractivity contribution in [3.05, 3.63) is 23.9 Å². The van der Waals surface area contributed by atoms with Crippen LogP contribution in [0.2, 0.25) is 0 Å². The molecule has 3 atom stereocenters. The first-order valence-electron chi connectivity index (χ1n) is 7.32. The van der Waals surface area contributed by atoms with Gasteiger partial charge in [0.05, 0.1) is 12.4 Å². The van der Waals surface area contributed by atoms with Crippen molar-refractivity contribution in [3.63, 3.8) is 0 Å². The van der Waals surface area contributed by atoms with Gasteiger partial charge in [0.25, 0.3) is 0 Å².